The molecule has 0 aromatic carbocycles. The molecule has 2 unspecified atom stereocenters. The lowest BCUT2D eigenvalue weighted by Crippen LogP contribution is -2.51. The van der Waals surface area contributed by atoms with Gasteiger partial charge in [-0.3, -0.25) is 9.59 Å². The molecule has 0 saturated heterocycles. The van der Waals surface area contributed by atoms with Crippen molar-refractivity contribution in [3.05, 3.63) is 11.6 Å². The maximum atomic E-state index is 12.9. The van der Waals surface area contributed by atoms with Gasteiger partial charge in [-0.15, -0.1) is 0 Å². The molecule has 0 aliphatic heterocycles. The molecule has 0 N–H and O–H groups in total. The summed E-state index contributed by atoms with van der Waals surface area (Å²) in [7, 11) is 0. The quantitative estimate of drug-likeness (QED) is 0.487. The van der Waals surface area contributed by atoms with E-state index in [-0.39, 0.29) is 22.9 Å². The molecule has 3 saturated carbocycles. The number of carbonyl (C=O) groups is 2. The maximum Gasteiger partial charge on any atom is 0.302 e. The third-order valence-electron chi connectivity index (χ3n) is 8.89. The van der Waals surface area contributed by atoms with Crippen LogP contribution in [0.25, 0.3) is 0 Å². The van der Waals surface area contributed by atoms with E-state index in [1.165, 1.54) is 31.8 Å². The van der Waals surface area contributed by atoms with Gasteiger partial charge in [0.25, 0.3) is 0 Å². The average Bonchev–Trinajstić information content (AvgIpc) is 2.86. The van der Waals surface area contributed by atoms with E-state index in [0.717, 1.165) is 38.5 Å². The van der Waals surface area contributed by atoms with Crippen LogP contribution in [0.1, 0.15) is 85.5 Å². The van der Waals surface area contributed by atoms with Crippen LogP contribution in [0.3, 0.4) is 0 Å². The van der Waals surface area contributed by atoms with Crippen LogP contribution in [-0.4, -0.2) is 17.9 Å². The molecule has 0 aromatic rings. The molecule has 0 radical (unpaired) electrons. The van der Waals surface area contributed by atoms with Gasteiger partial charge in [0.2, 0.25) is 0 Å². The van der Waals surface area contributed by atoms with Crippen LogP contribution >= 0.6 is 0 Å². The molecular formula is C24H36O3. The van der Waals surface area contributed by atoms with E-state index >= 15 is 0 Å². The molecule has 150 valence electrons. The highest BCUT2D eigenvalue weighted by atomic mass is 16.5. The number of hydrogen-bond donors (Lipinski definition) is 0. The van der Waals surface area contributed by atoms with Gasteiger partial charge in [0, 0.05) is 25.2 Å². The number of allylic oxidation sites excluding steroid dienone is 1. The van der Waals surface area contributed by atoms with Crippen molar-refractivity contribution < 1.29 is 14.3 Å². The van der Waals surface area contributed by atoms with Crippen molar-refractivity contribution in [3.8, 4) is 0 Å². The van der Waals surface area contributed by atoms with E-state index in [1.54, 1.807) is 0 Å². The van der Waals surface area contributed by atoms with Gasteiger partial charge < -0.3 is 4.74 Å². The Morgan fingerprint density at radius 1 is 1.19 bits per heavy atom. The Kier molecular flexibility index (Phi) is 4.79. The second kappa shape index (κ2) is 6.74. The summed E-state index contributed by atoms with van der Waals surface area (Å²) in [6.45, 7) is 8.53. The van der Waals surface area contributed by atoms with Crippen LogP contribution < -0.4 is 0 Å². The molecule has 4 rings (SSSR count). The highest BCUT2D eigenvalue weighted by Crippen LogP contribution is 2.65. The number of ether oxygens (including phenoxy) is 1. The molecule has 7 atom stereocenters. The zero-order valence-corrected chi connectivity index (χ0v) is 17.6. The number of carbonyl (C=O) groups excluding carboxylic acids is 2. The lowest BCUT2D eigenvalue weighted by Gasteiger charge is -2.57. The summed E-state index contributed by atoms with van der Waals surface area (Å²) in [6, 6.07) is 0. The van der Waals surface area contributed by atoms with Crippen LogP contribution in [0.4, 0.5) is 0 Å². The third-order valence-corrected chi connectivity index (χ3v) is 8.89. The molecular weight excluding hydrogens is 336 g/mol. The van der Waals surface area contributed by atoms with Crippen LogP contribution in [-0.2, 0) is 14.3 Å². The van der Waals surface area contributed by atoms with Gasteiger partial charge in [-0.25, -0.2) is 0 Å². The Bertz CT molecular complexity index is 665. The molecule has 0 spiro atoms. The van der Waals surface area contributed by atoms with Crippen LogP contribution in [0.15, 0.2) is 11.6 Å². The first-order chi connectivity index (χ1) is 12.8. The summed E-state index contributed by atoms with van der Waals surface area (Å²) in [5.74, 6) is 2.91. The molecule has 3 nitrogen and oxygen atoms in total. The van der Waals surface area contributed by atoms with Crippen molar-refractivity contribution in [3.63, 3.8) is 0 Å². The van der Waals surface area contributed by atoms with E-state index in [0.29, 0.717) is 29.5 Å². The highest BCUT2D eigenvalue weighted by molar-refractivity contribution is 5.87. The second-order valence-electron chi connectivity index (χ2n) is 10.3. The molecule has 0 bridgehead atoms. The molecule has 3 heteroatoms. The minimum atomic E-state index is -0.154. The van der Waals surface area contributed by atoms with Crippen molar-refractivity contribution in [1.82, 2.24) is 0 Å². The van der Waals surface area contributed by atoms with E-state index < -0.39 is 0 Å². The molecule has 0 aromatic heterocycles. The summed E-state index contributed by atoms with van der Waals surface area (Å²) < 4.78 is 5.55. The van der Waals surface area contributed by atoms with Gasteiger partial charge in [-0.1, -0.05) is 38.8 Å². The predicted octanol–water partition coefficient (Wildman–Crippen LogP) is 5.48. The fraction of sp³-hybridized carbons (Fsp3) is 0.833. The summed E-state index contributed by atoms with van der Waals surface area (Å²) >= 11 is 0. The lowest BCUT2D eigenvalue weighted by atomic mass is 9.47. The zero-order valence-electron chi connectivity index (χ0n) is 17.6. The van der Waals surface area contributed by atoms with Crippen LogP contribution in [0.5, 0.6) is 0 Å². The topological polar surface area (TPSA) is 43.4 Å². The molecule has 0 amide bonds. The van der Waals surface area contributed by atoms with Gasteiger partial charge in [-0.2, -0.15) is 0 Å². The summed E-state index contributed by atoms with van der Waals surface area (Å²) in [4.78, 5) is 24.3. The fourth-order valence-electron chi connectivity index (χ4n) is 7.66. The van der Waals surface area contributed by atoms with Crippen molar-refractivity contribution >= 4 is 11.8 Å². The van der Waals surface area contributed by atoms with Gasteiger partial charge in [0.05, 0.1) is 0 Å². The smallest absolute Gasteiger partial charge is 0.302 e. The first-order valence-corrected chi connectivity index (χ1v) is 11.2. The average molecular weight is 373 g/mol. The van der Waals surface area contributed by atoms with Gasteiger partial charge in [0.15, 0.2) is 0 Å². The van der Waals surface area contributed by atoms with Crippen molar-refractivity contribution in [2.24, 2.45) is 34.5 Å². The van der Waals surface area contributed by atoms with Crippen molar-refractivity contribution in [2.75, 3.05) is 0 Å². The standard InChI is InChI=1S/C24H36O3/c1-5-6-16-13-21(26)24(4)12-10-20-19(22(16)24)8-7-17-14-18(27-15(2)25)9-11-23(17,20)3/h7,16,18-20,22H,5-6,8-14H2,1-4H3/t16?,18-,19?,20-,22-,23-,24+/m0/s1. The highest BCUT2D eigenvalue weighted by Gasteiger charge is 2.61. The van der Waals surface area contributed by atoms with Gasteiger partial charge in [0.1, 0.15) is 11.9 Å². The predicted molar refractivity (Wildman–Crippen MR) is 106 cm³/mol. The molecule has 4 aliphatic carbocycles. The molecule has 0 heterocycles. The first kappa shape index (κ1) is 19.2. The maximum absolute atomic E-state index is 12.9. The minimum absolute atomic E-state index is 0.0631. The number of esters is 1. The number of rotatable bonds is 3. The van der Waals surface area contributed by atoms with Crippen molar-refractivity contribution in [2.45, 2.75) is 91.6 Å². The Morgan fingerprint density at radius 2 is 1.93 bits per heavy atom. The number of fused-ring (bicyclic) bond motifs is 5. The number of ketones is 1. The Hall–Kier alpha value is -1.12. The Labute approximate surface area is 164 Å². The van der Waals surface area contributed by atoms with E-state index in [1.807, 2.05) is 0 Å². The number of Topliss-reactive ketones (excluding diaryl/α,β-unsaturated/α-hetero) is 1. The Morgan fingerprint density at radius 3 is 2.63 bits per heavy atom. The fourth-order valence-corrected chi connectivity index (χ4v) is 7.66. The normalized spacial score (nSPS) is 46.1. The van der Waals surface area contributed by atoms with Crippen LogP contribution in [0.2, 0.25) is 0 Å². The van der Waals surface area contributed by atoms with Gasteiger partial charge >= 0.3 is 5.97 Å². The van der Waals surface area contributed by atoms with E-state index in [9.17, 15) is 9.59 Å². The minimum Gasteiger partial charge on any atom is -0.462 e. The molecule has 4 aliphatic rings. The number of hydrogen-bond acceptors (Lipinski definition) is 3. The van der Waals surface area contributed by atoms with E-state index in [2.05, 4.69) is 26.8 Å². The molecule has 3 fully saturated rings. The lowest BCUT2D eigenvalue weighted by molar-refractivity contribution is -0.148. The van der Waals surface area contributed by atoms with E-state index in [4.69, 9.17) is 4.74 Å². The summed E-state index contributed by atoms with van der Waals surface area (Å²) in [5.41, 5.74) is 1.70. The third kappa shape index (κ3) is 2.91. The van der Waals surface area contributed by atoms with Crippen molar-refractivity contribution in [1.29, 1.82) is 0 Å². The SMILES string of the molecule is CCCC1CC(=O)[C@@]2(C)CC[C@H]3C(CC=C4C[C@@H](OC(C)=O)CC[C@@]43C)[C@H]12. The second-order valence-corrected chi connectivity index (χ2v) is 10.3. The molecule has 27 heavy (non-hydrogen) atoms. The monoisotopic (exact) mass is 372 g/mol. The first-order valence-electron chi connectivity index (χ1n) is 11.2. The summed E-state index contributed by atoms with van der Waals surface area (Å²) in [6.07, 6.45) is 12.2. The zero-order chi connectivity index (χ0) is 19.4. The van der Waals surface area contributed by atoms with Gasteiger partial charge in [-0.05, 0) is 67.6 Å². The Balaban J connectivity index is 1.62. The summed E-state index contributed by atoms with van der Waals surface area (Å²) in [5, 5.41) is 0. The largest absolute Gasteiger partial charge is 0.462 e. The van der Waals surface area contributed by atoms with Crippen LogP contribution in [0, 0.1) is 34.5 Å².